The molecule has 0 radical (unpaired) electrons. The summed E-state index contributed by atoms with van der Waals surface area (Å²) in [6.45, 7) is 5.83. The second-order valence-electron chi connectivity index (χ2n) is 18.7. The molecular weight excluding hydrogens is 978 g/mol. The number of benzene rings is 4. The number of halogens is 2. The van der Waals surface area contributed by atoms with E-state index in [0.29, 0.717) is 87.1 Å². The molecule has 1 aliphatic heterocycles. The molecule has 0 aliphatic carbocycles. The first-order valence-corrected chi connectivity index (χ1v) is 26.7. The molecule has 4 heterocycles. The summed E-state index contributed by atoms with van der Waals surface area (Å²) in [5.41, 5.74) is 8.84. The van der Waals surface area contributed by atoms with Gasteiger partial charge in [0.15, 0.2) is 12.8 Å². The number of nitrogens with zero attached hydrogens (tertiary/aromatic N) is 9. The topological polar surface area (TPSA) is 126 Å². The first-order chi connectivity index (χ1) is 35.5. The normalized spacial score (nSPS) is 13.1. The van der Waals surface area contributed by atoms with Crippen LogP contribution in [0, 0.1) is 0 Å². The van der Waals surface area contributed by atoms with Gasteiger partial charge in [-0.2, -0.15) is 0 Å². The number of carbonyl (C=O) groups excluding carboxylic acids is 2. The van der Waals surface area contributed by atoms with Gasteiger partial charge >= 0.3 is 0 Å². The van der Waals surface area contributed by atoms with Crippen molar-refractivity contribution < 1.29 is 23.4 Å². The Morgan fingerprint density at radius 2 is 1.62 bits per heavy atom. The maximum Gasteiger partial charge on any atom is 0.258 e. The molecule has 0 fully saturated rings. The molecule has 8 rings (SSSR count). The first-order valence-electron chi connectivity index (χ1n) is 24.8. The molecule has 2 amide bonds. The molecule has 0 atom stereocenters. The van der Waals surface area contributed by atoms with Crippen LogP contribution >= 0.6 is 35.0 Å². The lowest BCUT2D eigenvalue weighted by Crippen LogP contribution is -2.49. The summed E-state index contributed by atoms with van der Waals surface area (Å²) in [6.07, 6.45) is 16.1. The van der Waals surface area contributed by atoms with E-state index in [4.69, 9.17) is 27.9 Å². The molecule has 0 saturated heterocycles. The number of rotatable bonds is 26. The monoisotopic (exact) mass is 1040 g/mol. The summed E-state index contributed by atoms with van der Waals surface area (Å²) < 4.78 is 12.4. The third-order valence-corrected chi connectivity index (χ3v) is 14.3. The molecule has 4 aromatic carbocycles. The minimum absolute atomic E-state index is 0.00226. The number of alkyl halides is 2. The maximum atomic E-state index is 12.9. The van der Waals surface area contributed by atoms with Crippen molar-refractivity contribution in [3.63, 3.8) is 0 Å². The molecule has 0 bridgehead atoms. The van der Waals surface area contributed by atoms with Gasteiger partial charge in [0.05, 0.1) is 68.4 Å². The largest absolute Gasteiger partial charge is 0.484 e. The minimum atomic E-state index is -0.188. The van der Waals surface area contributed by atoms with Gasteiger partial charge in [0, 0.05) is 98.6 Å². The van der Waals surface area contributed by atoms with Crippen molar-refractivity contribution in [2.24, 2.45) is 7.05 Å². The number of carbonyl (C=O) groups is 2. The zero-order chi connectivity index (χ0) is 51.0. The van der Waals surface area contributed by atoms with Gasteiger partial charge in [0.2, 0.25) is 11.4 Å². The van der Waals surface area contributed by atoms with Gasteiger partial charge in [-0.3, -0.25) is 14.3 Å². The quantitative estimate of drug-likeness (QED) is 0.0314. The van der Waals surface area contributed by atoms with Crippen LogP contribution in [0.25, 0.3) is 22.6 Å². The van der Waals surface area contributed by atoms with Gasteiger partial charge in [0.1, 0.15) is 12.8 Å². The second-order valence-corrected chi connectivity index (χ2v) is 20.5. The number of ether oxygens (including phenoxy) is 1. The number of hydrogen-bond donors (Lipinski definition) is 2. The fourth-order valence-electron chi connectivity index (χ4n) is 8.72. The van der Waals surface area contributed by atoms with E-state index >= 15 is 0 Å². The molecule has 1 aliphatic rings. The van der Waals surface area contributed by atoms with E-state index < -0.39 is 0 Å². The third-order valence-electron chi connectivity index (χ3n) is 12.8. The third kappa shape index (κ3) is 15.0. The Labute approximate surface area is 442 Å². The molecule has 7 aromatic rings. The number of imidazole rings is 1. The van der Waals surface area contributed by atoms with Crippen LogP contribution in [0.5, 0.6) is 5.75 Å². The molecule has 17 heteroatoms. The number of pyridine rings is 1. The Kier molecular flexibility index (Phi) is 18.6. The molecule has 0 saturated carbocycles. The van der Waals surface area contributed by atoms with Crippen LogP contribution in [0.4, 0.5) is 11.4 Å². The van der Waals surface area contributed by atoms with Crippen molar-refractivity contribution in [1.29, 1.82) is 0 Å². The lowest BCUT2D eigenvalue weighted by molar-refractivity contribution is -0.887. The van der Waals surface area contributed by atoms with Crippen LogP contribution in [-0.4, -0.2) is 119 Å². The number of anilines is 2. The molecule has 2 N–H and O–H groups in total. The van der Waals surface area contributed by atoms with Gasteiger partial charge in [-0.25, -0.2) is 9.55 Å². The second kappa shape index (κ2) is 25.8. The Hall–Kier alpha value is -6.65. The Balaban J connectivity index is 0.809. The zero-order valence-electron chi connectivity index (χ0n) is 41.9. The fourth-order valence-corrected chi connectivity index (χ4v) is 10.3. The van der Waals surface area contributed by atoms with Crippen molar-refractivity contribution in [1.82, 2.24) is 35.2 Å². The molecular formula is C56H65Cl2N11O3S+2. The number of fused-ring (bicyclic) bond motifs is 2. The van der Waals surface area contributed by atoms with Crippen molar-refractivity contribution in [2.75, 3.05) is 88.1 Å². The van der Waals surface area contributed by atoms with E-state index in [9.17, 15) is 9.59 Å². The van der Waals surface area contributed by atoms with Gasteiger partial charge in [0.25, 0.3) is 5.91 Å². The Morgan fingerprint density at radius 1 is 0.877 bits per heavy atom. The lowest BCUT2D eigenvalue weighted by Gasteiger charge is -2.30. The van der Waals surface area contributed by atoms with Crippen molar-refractivity contribution in [3.05, 3.63) is 168 Å². The average Bonchev–Trinajstić information content (AvgIpc) is 4.17. The Morgan fingerprint density at radius 3 is 2.37 bits per heavy atom. The number of aryl methyl sites for hydroxylation is 2. The number of quaternary nitrogens is 1. The fraction of sp³-hybridized carbons (Fsp3) is 0.321. The standard InChI is InChI=1S/C56H63Cl2N11O3S/c1-64-30-22-45(50-9-4-5-10-51(50)64)37-46(44-16-14-43(15-17-44)39-65-34-26-59-42-65)38-56-68(52-11-6-7-12-53(52)73-56)31-23-47-40-67(63-62-47)29-8-13-54(70)60-27-35-69(2,3)36-28-61-55(71)41-72-49-20-18-48(19-21-49)66(32-24-57)33-25-58/h4-7,9-12,14-22,26,30,34,37-38,40,42H,8,13,23-25,27-29,31-33,35-36,39,41H2,1-3H3/p+2. The van der Waals surface area contributed by atoms with Gasteiger partial charge in [-0.05, 0) is 83.3 Å². The van der Waals surface area contributed by atoms with Crippen LogP contribution in [0.15, 0.2) is 150 Å². The van der Waals surface area contributed by atoms with Gasteiger partial charge < -0.3 is 34.2 Å². The Bertz CT molecular complexity index is 2970. The van der Waals surface area contributed by atoms with E-state index in [0.717, 1.165) is 46.2 Å². The summed E-state index contributed by atoms with van der Waals surface area (Å²) in [4.78, 5) is 35.3. The summed E-state index contributed by atoms with van der Waals surface area (Å²) in [7, 11) is 6.25. The molecule has 0 unspecified atom stereocenters. The number of nitrogens with one attached hydrogen (secondary N) is 2. The highest BCUT2D eigenvalue weighted by molar-refractivity contribution is 8.03. The highest BCUT2D eigenvalue weighted by Gasteiger charge is 2.26. The average molecular weight is 1040 g/mol. The molecule has 73 heavy (non-hydrogen) atoms. The summed E-state index contributed by atoms with van der Waals surface area (Å²) >= 11 is 13.7. The number of likely N-dealkylation sites (N-methyl/N-ethyl adjacent to an activating group) is 1. The molecule has 14 nitrogen and oxygen atoms in total. The van der Waals surface area contributed by atoms with Crippen molar-refractivity contribution >= 4 is 80.7 Å². The van der Waals surface area contributed by atoms with Crippen LogP contribution in [-0.2, 0) is 36.1 Å². The SMILES string of the molecule is C[n+]1ccc(/C=C(/C=C2\Sc3ccccc3N2CCc2cn(CCCC(=O)NCC[N+](C)(C)CCNC(=O)COc3ccc(N(CCCl)CCCl)cc3)nn2)c2ccc(Cn3ccnc3)cc2)c2ccccc21. The van der Waals surface area contributed by atoms with Crippen molar-refractivity contribution in [3.8, 4) is 5.75 Å². The van der Waals surface area contributed by atoms with E-state index in [2.05, 4.69) is 163 Å². The number of amides is 2. The highest BCUT2D eigenvalue weighted by Crippen LogP contribution is 2.47. The molecule has 3 aromatic heterocycles. The van der Waals surface area contributed by atoms with Crippen LogP contribution in [0.3, 0.4) is 0 Å². The number of hydrogen-bond acceptors (Lipinski definition) is 9. The predicted molar refractivity (Wildman–Crippen MR) is 295 cm³/mol. The van der Waals surface area contributed by atoms with E-state index in [-0.39, 0.29) is 18.4 Å². The summed E-state index contributed by atoms with van der Waals surface area (Å²) in [6, 6.07) is 35.7. The van der Waals surface area contributed by atoms with Gasteiger partial charge in [-0.15, -0.1) is 28.3 Å². The number of thioether (sulfide) groups is 1. The van der Waals surface area contributed by atoms with Crippen LogP contribution < -0.4 is 29.7 Å². The number of para-hydroxylation sites is 2. The summed E-state index contributed by atoms with van der Waals surface area (Å²) in [5.74, 6) is 1.44. The van der Waals surface area contributed by atoms with Crippen molar-refractivity contribution in [2.45, 2.75) is 37.2 Å². The summed E-state index contributed by atoms with van der Waals surface area (Å²) in [5, 5.41) is 17.3. The van der Waals surface area contributed by atoms with Crippen LogP contribution in [0.1, 0.15) is 35.2 Å². The smallest absolute Gasteiger partial charge is 0.258 e. The van der Waals surface area contributed by atoms with E-state index in [1.807, 2.05) is 53.9 Å². The number of aromatic nitrogens is 6. The maximum absolute atomic E-state index is 12.9. The highest BCUT2D eigenvalue weighted by atomic mass is 35.5. The molecule has 380 valence electrons. The minimum Gasteiger partial charge on any atom is -0.484 e. The first kappa shape index (κ1) is 52.7. The molecule has 0 spiro atoms. The number of allylic oxidation sites excluding steroid dienone is 2. The van der Waals surface area contributed by atoms with E-state index in [1.165, 1.54) is 27.0 Å². The van der Waals surface area contributed by atoms with E-state index in [1.54, 1.807) is 11.8 Å². The zero-order valence-corrected chi connectivity index (χ0v) is 44.2. The predicted octanol–water partition coefficient (Wildman–Crippen LogP) is 8.19. The van der Waals surface area contributed by atoms with Crippen LogP contribution in [0.2, 0.25) is 0 Å². The lowest BCUT2D eigenvalue weighted by atomic mass is 9.99. The van der Waals surface area contributed by atoms with Gasteiger partial charge in [-0.1, -0.05) is 65.5 Å².